The highest BCUT2D eigenvalue weighted by Gasteiger charge is 2.34. The lowest BCUT2D eigenvalue weighted by molar-refractivity contribution is -0.122. The largest absolute Gasteiger partial charge is 0.493 e. The van der Waals surface area contributed by atoms with Gasteiger partial charge in [-0.2, -0.15) is 0 Å². The van der Waals surface area contributed by atoms with E-state index in [9.17, 15) is 14.0 Å². The van der Waals surface area contributed by atoms with Crippen molar-refractivity contribution < 1.29 is 23.5 Å². The van der Waals surface area contributed by atoms with Crippen LogP contribution in [0.25, 0.3) is 6.08 Å². The van der Waals surface area contributed by atoms with Crippen molar-refractivity contribution >= 4 is 44.9 Å². The molecular weight excluding hydrogens is 533 g/mol. The average Bonchev–Trinajstić information content (AvgIpc) is 3.13. The van der Waals surface area contributed by atoms with Crippen LogP contribution in [0.1, 0.15) is 23.1 Å². The van der Waals surface area contributed by atoms with E-state index in [0.717, 1.165) is 18.2 Å². The number of amides is 2. The molecule has 3 aromatic carbocycles. The first kappa shape index (κ1) is 25.0. The number of methoxy groups -OCH3 is 1. The second-order valence-electron chi connectivity index (χ2n) is 7.83. The predicted octanol–water partition coefficient (Wildman–Crippen LogP) is 6.84. The molecule has 180 valence electrons. The first-order valence-corrected chi connectivity index (χ1v) is 12.6. The lowest BCUT2D eigenvalue weighted by Crippen LogP contribution is -2.29. The summed E-state index contributed by atoms with van der Waals surface area (Å²) in [7, 11) is 1.50. The van der Waals surface area contributed by atoms with Crippen molar-refractivity contribution in [3.8, 4) is 11.5 Å². The predicted molar refractivity (Wildman–Crippen MR) is 139 cm³/mol. The van der Waals surface area contributed by atoms with Crippen LogP contribution in [0.3, 0.4) is 0 Å². The lowest BCUT2D eigenvalue weighted by Gasteiger charge is -2.14. The Balaban J connectivity index is 1.45. The minimum atomic E-state index is -0.346. The average molecular weight is 556 g/mol. The van der Waals surface area contributed by atoms with E-state index in [-0.39, 0.29) is 23.6 Å². The molecule has 5 nitrogen and oxygen atoms in total. The van der Waals surface area contributed by atoms with E-state index in [4.69, 9.17) is 9.47 Å². The van der Waals surface area contributed by atoms with Gasteiger partial charge in [0.05, 0.1) is 12.0 Å². The molecule has 0 N–H and O–H groups in total. The van der Waals surface area contributed by atoms with Crippen LogP contribution in [-0.4, -0.2) is 29.7 Å². The third kappa shape index (κ3) is 6.13. The van der Waals surface area contributed by atoms with E-state index in [1.807, 2.05) is 30.3 Å². The highest BCUT2D eigenvalue weighted by molar-refractivity contribution is 9.10. The molecule has 1 saturated heterocycles. The molecule has 1 aliphatic heterocycles. The summed E-state index contributed by atoms with van der Waals surface area (Å²) in [5, 5.41) is -0.276. The topological polar surface area (TPSA) is 55.8 Å². The quantitative estimate of drug-likeness (QED) is 0.270. The molecule has 0 spiro atoms. The van der Waals surface area contributed by atoms with Crippen LogP contribution in [0.2, 0.25) is 0 Å². The Morgan fingerprint density at radius 1 is 1.03 bits per heavy atom. The monoisotopic (exact) mass is 555 g/mol. The van der Waals surface area contributed by atoms with Crippen LogP contribution >= 0.6 is 27.7 Å². The molecule has 0 bridgehead atoms. The molecule has 2 amide bonds. The maximum Gasteiger partial charge on any atom is 0.293 e. The summed E-state index contributed by atoms with van der Waals surface area (Å²) in [5.74, 6) is 0.201. The summed E-state index contributed by atoms with van der Waals surface area (Å²) >= 11 is 4.43. The number of ether oxygens (including phenoxy) is 2. The number of benzene rings is 3. The van der Waals surface area contributed by atoms with Crippen molar-refractivity contribution in [2.45, 2.75) is 19.4 Å². The second kappa shape index (κ2) is 11.6. The molecule has 0 aromatic heterocycles. The number of halogens is 2. The van der Waals surface area contributed by atoms with Gasteiger partial charge < -0.3 is 9.47 Å². The lowest BCUT2D eigenvalue weighted by atomic mass is 10.1. The number of carbonyl (C=O) groups excluding carboxylic acids is 2. The van der Waals surface area contributed by atoms with Crippen LogP contribution in [0.5, 0.6) is 11.5 Å². The zero-order chi connectivity index (χ0) is 24.8. The van der Waals surface area contributed by atoms with Crippen molar-refractivity contribution in [2.75, 3.05) is 13.7 Å². The molecule has 1 heterocycles. The van der Waals surface area contributed by atoms with Gasteiger partial charge >= 0.3 is 0 Å². The van der Waals surface area contributed by atoms with Gasteiger partial charge in [-0.3, -0.25) is 14.5 Å². The highest BCUT2D eigenvalue weighted by atomic mass is 79.9. The van der Waals surface area contributed by atoms with Gasteiger partial charge in [-0.05, 0) is 60.0 Å². The minimum absolute atomic E-state index is 0.0384. The van der Waals surface area contributed by atoms with E-state index in [2.05, 4.69) is 15.9 Å². The van der Waals surface area contributed by atoms with Crippen molar-refractivity contribution in [1.29, 1.82) is 0 Å². The molecule has 8 heteroatoms. The number of rotatable bonds is 9. The maximum absolute atomic E-state index is 13.9. The normalized spacial score (nSPS) is 14.6. The van der Waals surface area contributed by atoms with Crippen LogP contribution in [0, 0.1) is 5.82 Å². The fourth-order valence-corrected chi connectivity index (χ4v) is 4.92. The fourth-order valence-electron chi connectivity index (χ4n) is 3.62. The first-order valence-electron chi connectivity index (χ1n) is 11.0. The SMILES string of the molecule is COc1cc(/C=C2/SC(=O)N(CCCc3ccccc3)C2=O)c(Br)cc1OCc1ccccc1F. The van der Waals surface area contributed by atoms with Gasteiger partial charge in [0.2, 0.25) is 0 Å². The van der Waals surface area contributed by atoms with Crippen molar-refractivity contribution in [2.24, 2.45) is 0 Å². The Hall–Kier alpha value is -3.10. The third-order valence-corrected chi connectivity index (χ3v) is 7.07. The Labute approximate surface area is 216 Å². The van der Waals surface area contributed by atoms with E-state index in [1.165, 1.54) is 23.6 Å². The van der Waals surface area contributed by atoms with Crippen molar-refractivity contribution in [3.63, 3.8) is 0 Å². The molecule has 0 aliphatic carbocycles. The number of hydrogen-bond acceptors (Lipinski definition) is 5. The molecule has 0 unspecified atom stereocenters. The van der Waals surface area contributed by atoms with E-state index in [0.29, 0.717) is 45.0 Å². The number of thioether (sulfide) groups is 1. The molecular formula is C27H23BrFNO4S. The zero-order valence-corrected chi connectivity index (χ0v) is 21.4. The third-order valence-electron chi connectivity index (χ3n) is 5.47. The summed E-state index contributed by atoms with van der Waals surface area (Å²) in [5.41, 5.74) is 2.26. The fraction of sp³-hybridized carbons (Fsp3) is 0.185. The van der Waals surface area contributed by atoms with Gasteiger partial charge in [-0.25, -0.2) is 4.39 Å². The highest BCUT2D eigenvalue weighted by Crippen LogP contribution is 2.38. The number of hydrogen-bond donors (Lipinski definition) is 0. The molecule has 4 rings (SSSR count). The zero-order valence-electron chi connectivity index (χ0n) is 19.0. The number of aryl methyl sites for hydroxylation is 1. The Bertz CT molecular complexity index is 1270. The molecule has 1 aliphatic rings. The van der Waals surface area contributed by atoms with E-state index < -0.39 is 0 Å². The smallest absolute Gasteiger partial charge is 0.293 e. The summed E-state index contributed by atoms with van der Waals surface area (Å²) in [6, 6.07) is 19.8. The van der Waals surface area contributed by atoms with E-state index in [1.54, 1.807) is 36.4 Å². The Kier molecular flexibility index (Phi) is 8.25. The van der Waals surface area contributed by atoms with Crippen LogP contribution in [0.4, 0.5) is 9.18 Å². The van der Waals surface area contributed by atoms with E-state index >= 15 is 0 Å². The molecule has 0 radical (unpaired) electrons. The van der Waals surface area contributed by atoms with Gasteiger partial charge in [-0.1, -0.05) is 64.5 Å². The van der Waals surface area contributed by atoms with Crippen LogP contribution in [0.15, 0.2) is 76.1 Å². The van der Waals surface area contributed by atoms with Gasteiger partial charge in [0, 0.05) is 16.6 Å². The van der Waals surface area contributed by atoms with Gasteiger partial charge in [0.25, 0.3) is 11.1 Å². The van der Waals surface area contributed by atoms with Crippen LogP contribution in [-0.2, 0) is 17.8 Å². The first-order chi connectivity index (χ1) is 17.0. The second-order valence-corrected chi connectivity index (χ2v) is 9.67. The molecule has 35 heavy (non-hydrogen) atoms. The summed E-state index contributed by atoms with van der Waals surface area (Å²) in [4.78, 5) is 27.0. The minimum Gasteiger partial charge on any atom is -0.493 e. The molecule has 0 saturated carbocycles. The van der Waals surface area contributed by atoms with Crippen LogP contribution < -0.4 is 9.47 Å². The number of imide groups is 1. The van der Waals surface area contributed by atoms with Gasteiger partial charge in [0.1, 0.15) is 12.4 Å². The standard InChI is InChI=1S/C27H23BrFNO4S/c1-33-23-14-20(21(28)16-24(23)34-17-19-11-5-6-12-22(19)29)15-25-26(31)30(27(32)35-25)13-7-10-18-8-3-2-4-9-18/h2-6,8-9,11-12,14-16H,7,10,13,17H2,1H3/b25-15+. The summed E-state index contributed by atoms with van der Waals surface area (Å²) in [6.45, 7) is 0.404. The van der Waals surface area contributed by atoms with Crippen molar-refractivity contribution in [3.05, 3.63) is 98.6 Å². The summed E-state index contributed by atoms with van der Waals surface area (Å²) in [6.07, 6.45) is 3.15. The maximum atomic E-state index is 13.9. The molecule has 0 atom stereocenters. The number of carbonyl (C=O) groups is 2. The Morgan fingerprint density at radius 2 is 1.77 bits per heavy atom. The van der Waals surface area contributed by atoms with Crippen molar-refractivity contribution in [1.82, 2.24) is 4.90 Å². The van der Waals surface area contributed by atoms with Gasteiger partial charge in [-0.15, -0.1) is 0 Å². The Morgan fingerprint density at radius 3 is 2.51 bits per heavy atom. The molecule has 3 aromatic rings. The number of nitrogens with zero attached hydrogens (tertiary/aromatic N) is 1. The summed E-state index contributed by atoms with van der Waals surface area (Å²) < 4.78 is 25.8. The van der Waals surface area contributed by atoms with Gasteiger partial charge in [0.15, 0.2) is 11.5 Å². The molecule has 1 fully saturated rings.